The first kappa shape index (κ1) is 19.1. The quantitative estimate of drug-likeness (QED) is 0.742. The molecule has 1 aromatic rings. The van der Waals surface area contributed by atoms with Crippen LogP contribution in [-0.2, 0) is 9.53 Å². The summed E-state index contributed by atoms with van der Waals surface area (Å²) in [5.41, 5.74) is 3.05. The van der Waals surface area contributed by atoms with Crippen LogP contribution in [0.25, 0.3) is 0 Å². The monoisotopic (exact) mass is 375 g/mol. The van der Waals surface area contributed by atoms with E-state index in [2.05, 4.69) is 10.6 Å². The van der Waals surface area contributed by atoms with Crippen molar-refractivity contribution in [2.75, 3.05) is 30.5 Å². The van der Waals surface area contributed by atoms with Gasteiger partial charge in [0.05, 0.1) is 0 Å². The Morgan fingerprint density at radius 2 is 2.08 bits per heavy atom. The van der Waals surface area contributed by atoms with E-state index < -0.39 is 0 Å². The second kappa shape index (κ2) is 8.35. The Labute approximate surface area is 161 Å². The lowest BCUT2D eigenvalue weighted by molar-refractivity contribution is -0.117. The van der Waals surface area contributed by atoms with Gasteiger partial charge in [0.25, 0.3) is 0 Å². The van der Waals surface area contributed by atoms with Gasteiger partial charge in [0.1, 0.15) is 0 Å². The molecule has 5 nitrogen and oxygen atoms in total. The minimum Gasteiger partial charge on any atom is -0.385 e. The molecule has 3 rings (SSSR count). The SMILES string of the molecule is COCCC1(NC(=S)Nc2ccc(C)c(N3CCCC3=O)c2)CCCC1. The van der Waals surface area contributed by atoms with Crippen LogP contribution in [-0.4, -0.2) is 36.8 Å². The first-order valence-corrected chi connectivity index (χ1v) is 9.93. The third kappa shape index (κ3) is 4.35. The van der Waals surface area contributed by atoms with Gasteiger partial charge in [0, 0.05) is 43.6 Å². The molecule has 1 heterocycles. The Morgan fingerprint density at radius 3 is 2.73 bits per heavy atom. The summed E-state index contributed by atoms with van der Waals surface area (Å²) in [6.07, 6.45) is 7.24. The van der Waals surface area contributed by atoms with Gasteiger partial charge in [0.15, 0.2) is 5.11 Å². The highest BCUT2D eigenvalue weighted by Gasteiger charge is 2.34. The molecule has 26 heavy (non-hydrogen) atoms. The zero-order valence-electron chi connectivity index (χ0n) is 15.8. The molecule has 1 amide bonds. The van der Waals surface area contributed by atoms with Crippen LogP contribution in [0.4, 0.5) is 11.4 Å². The van der Waals surface area contributed by atoms with Crippen molar-refractivity contribution in [3.05, 3.63) is 23.8 Å². The number of nitrogens with zero attached hydrogens (tertiary/aromatic N) is 1. The summed E-state index contributed by atoms with van der Waals surface area (Å²) in [6, 6.07) is 6.09. The van der Waals surface area contributed by atoms with E-state index in [1.54, 1.807) is 7.11 Å². The number of rotatable bonds is 6. The van der Waals surface area contributed by atoms with Crippen LogP contribution >= 0.6 is 12.2 Å². The molecule has 0 unspecified atom stereocenters. The number of anilines is 2. The predicted octanol–water partition coefficient (Wildman–Crippen LogP) is 3.76. The normalized spacial score (nSPS) is 19.0. The van der Waals surface area contributed by atoms with E-state index in [9.17, 15) is 4.79 Å². The van der Waals surface area contributed by atoms with Gasteiger partial charge >= 0.3 is 0 Å². The molecule has 142 valence electrons. The third-order valence-electron chi connectivity index (χ3n) is 5.56. The lowest BCUT2D eigenvalue weighted by Crippen LogP contribution is -2.48. The van der Waals surface area contributed by atoms with Crippen molar-refractivity contribution in [1.82, 2.24) is 5.32 Å². The molecule has 1 aromatic carbocycles. The molecule has 1 aliphatic carbocycles. The minimum absolute atomic E-state index is 0.0402. The van der Waals surface area contributed by atoms with Crippen LogP contribution < -0.4 is 15.5 Å². The van der Waals surface area contributed by atoms with Gasteiger partial charge < -0.3 is 20.3 Å². The molecular formula is C20H29N3O2S. The summed E-state index contributed by atoms with van der Waals surface area (Å²) in [7, 11) is 1.74. The fraction of sp³-hybridized carbons (Fsp3) is 0.600. The van der Waals surface area contributed by atoms with Crippen molar-refractivity contribution in [1.29, 1.82) is 0 Å². The van der Waals surface area contributed by atoms with E-state index in [1.165, 1.54) is 12.8 Å². The second-order valence-electron chi connectivity index (χ2n) is 7.46. The van der Waals surface area contributed by atoms with E-state index in [-0.39, 0.29) is 11.4 Å². The molecule has 6 heteroatoms. The summed E-state index contributed by atoms with van der Waals surface area (Å²) in [5, 5.41) is 7.51. The van der Waals surface area contributed by atoms with Crippen LogP contribution in [0.1, 0.15) is 50.5 Å². The Kier molecular flexibility index (Phi) is 6.14. The van der Waals surface area contributed by atoms with Gasteiger partial charge in [0.2, 0.25) is 5.91 Å². The third-order valence-corrected chi connectivity index (χ3v) is 5.76. The number of amides is 1. The second-order valence-corrected chi connectivity index (χ2v) is 7.87. The number of aryl methyl sites for hydroxylation is 1. The van der Waals surface area contributed by atoms with E-state index in [0.717, 1.165) is 55.8 Å². The standard InChI is InChI=1S/C20H29N3O2S/c1-15-7-8-16(14-17(15)23-12-5-6-18(23)24)21-19(26)22-20(11-13-25-2)9-3-4-10-20/h7-8,14H,3-6,9-13H2,1-2H3,(H2,21,22,26). The molecule has 2 aliphatic rings. The number of hydrogen-bond acceptors (Lipinski definition) is 3. The van der Waals surface area contributed by atoms with Crippen molar-refractivity contribution in [2.45, 2.75) is 57.4 Å². The van der Waals surface area contributed by atoms with Gasteiger partial charge in [-0.2, -0.15) is 0 Å². The maximum atomic E-state index is 12.1. The number of carbonyl (C=O) groups is 1. The zero-order chi connectivity index (χ0) is 18.6. The summed E-state index contributed by atoms with van der Waals surface area (Å²) in [6.45, 7) is 3.58. The van der Waals surface area contributed by atoms with E-state index in [1.807, 2.05) is 30.0 Å². The van der Waals surface area contributed by atoms with Crippen LogP contribution in [0.3, 0.4) is 0 Å². The molecule has 0 radical (unpaired) electrons. The van der Waals surface area contributed by atoms with E-state index in [0.29, 0.717) is 11.5 Å². The van der Waals surface area contributed by atoms with E-state index in [4.69, 9.17) is 17.0 Å². The number of ether oxygens (including phenoxy) is 1. The Hall–Kier alpha value is -1.66. The summed E-state index contributed by atoms with van der Waals surface area (Å²) in [4.78, 5) is 14.0. The Morgan fingerprint density at radius 1 is 1.31 bits per heavy atom. The molecule has 2 fully saturated rings. The molecule has 2 N–H and O–H groups in total. The first-order chi connectivity index (χ1) is 12.5. The smallest absolute Gasteiger partial charge is 0.227 e. The maximum absolute atomic E-state index is 12.1. The van der Waals surface area contributed by atoms with Gasteiger partial charge in [-0.05, 0) is 62.5 Å². The van der Waals surface area contributed by atoms with Gasteiger partial charge in [-0.25, -0.2) is 0 Å². The highest BCUT2D eigenvalue weighted by Crippen LogP contribution is 2.33. The van der Waals surface area contributed by atoms with Crippen molar-refractivity contribution in [2.24, 2.45) is 0 Å². The molecular weight excluding hydrogens is 346 g/mol. The van der Waals surface area contributed by atoms with Crippen molar-refractivity contribution in [3.63, 3.8) is 0 Å². The molecule has 0 spiro atoms. The number of thiocarbonyl (C=S) groups is 1. The van der Waals surface area contributed by atoms with Crippen LogP contribution in [0.15, 0.2) is 18.2 Å². The fourth-order valence-corrected chi connectivity index (χ4v) is 4.41. The zero-order valence-corrected chi connectivity index (χ0v) is 16.6. The number of carbonyl (C=O) groups excluding carboxylic acids is 1. The highest BCUT2D eigenvalue weighted by molar-refractivity contribution is 7.80. The lowest BCUT2D eigenvalue weighted by Gasteiger charge is -2.32. The lowest BCUT2D eigenvalue weighted by atomic mass is 9.94. The highest BCUT2D eigenvalue weighted by atomic mass is 32.1. The molecule has 0 atom stereocenters. The Bertz CT molecular complexity index is 671. The van der Waals surface area contributed by atoms with Crippen molar-refractivity contribution >= 4 is 34.6 Å². The van der Waals surface area contributed by atoms with E-state index >= 15 is 0 Å². The average Bonchev–Trinajstić information content (AvgIpc) is 3.24. The number of nitrogens with one attached hydrogen (secondary N) is 2. The largest absolute Gasteiger partial charge is 0.385 e. The summed E-state index contributed by atoms with van der Waals surface area (Å²) in [5.74, 6) is 0.204. The number of hydrogen-bond donors (Lipinski definition) is 2. The number of methoxy groups -OCH3 is 1. The summed E-state index contributed by atoms with van der Waals surface area (Å²) >= 11 is 5.59. The number of benzene rings is 1. The van der Waals surface area contributed by atoms with Gasteiger partial charge in [-0.3, -0.25) is 4.79 Å². The van der Waals surface area contributed by atoms with Gasteiger partial charge in [-0.15, -0.1) is 0 Å². The minimum atomic E-state index is 0.0402. The first-order valence-electron chi connectivity index (χ1n) is 9.52. The topological polar surface area (TPSA) is 53.6 Å². The summed E-state index contributed by atoms with van der Waals surface area (Å²) < 4.78 is 5.28. The van der Waals surface area contributed by atoms with Crippen molar-refractivity contribution < 1.29 is 9.53 Å². The Balaban J connectivity index is 1.68. The molecule has 1 saturated carbocycles. The maximum Gasteiger partial charge on any atom is 0.227 e. The molecule has 0 bridgehead atoms. The van der Waals surface area contributed by atoms with Crippen LogP contribution in [0.2, 0.25) is 0 Å². The fourth-order valence-electron chi connectivity index (χ4n) is 4.07. The predicted molar refractivity (Wildman–Crippen MR) is 110 cm³/mol. The van der Waals surface area contributed by atoms with Crippen LogP contribution in [0, 0.1) is 6.92 Å². The van der Waals surface area contributed by atoms with Gasteiger partial charge in [-0.1, -0.05) is 18.9 Å². The molecule has 0 aromatic heterocycles. The molecule has 1 saturated heterocycles. The van der Waals surface area contributed by atoms with Crippen molar-refractivity contribution in [3.8, 4) is 0 Å². The molecule has 1 aliphatic heterocycles. The van der Waals surface area contributed by atoms with Crippen LogP contribution in [0.5, 0.6) is 0 Å². The average molecular weight is 376 g/mol.